The number of carbonyl (C=O) groups is 3. The van der Waals surface area contributed by atoms with Crippen molar-refractivity contribution in [3.05, 3.63) is 23.2 Å². The van der Waals surface area contributed by atoms with Crippen molar-refractivity contribution in [3.8, 4) is 0 Å². The van der Waals surface area contributed by atoms with E-state index in [1.807, 2.05) is 13.8 Å². The maximum absolute atomic E-state index is 13.4. The van der Waals surface area contributed by atoms with E-state index < -0.39 is 28.8 Å². The van der Waals surface area contributed by atoms with E-state index in [2.05, 4.69) is 0 Å². The summed E-state index contributed by atoms with van der Waals surface area (Å²) in [5.41, 5.74) is -2.10. The minimum atomic E-state index is -1.65. The fraction of sp³-hybridized carbons (Fsp3) is 0.667. The number of Topliss-reactive ketones (excluding diaryl/α,β-unsaturated/α-hetero) is 2. The first-order valence-electron chi connectivity index (χ1n) is 9.75. The molecule has 0 spiro atoms. The molecule has 0 aromatic rings. The number of allylic oxidation sites excluding steroid dienone is 2. The first-order valence-corrected chi connectivity index (χ1v) is 9.75. The number of hydrogen-bond donors (Lipinski definition) is 2. The van der Waals surface area contributed by atoms with Gasteiger partial charge in [-0.2, -0.15) is 0 Å². The van der Waals surface area contributed by atoms with Crippen LogP contribution < -0.4 is 0 Å². The molecule has 27 heavy (non-hydrogen) atoms. The average molecular weight is 372 g/mol. The summed E-state index contributed by atoms with van der Waals surface area (Å²) >= 11 is 0. The van der Waals surface area contributed by atoms with Crippen molar-refractivity contribution in [1.29, 1.82) is 0 Å². The minimum absolute atomic E-state index is 0.0228. The van der Waals surface area contributed by atoms with Gasteiger partial charge in [0.05, 0.1) is 5.41 Å². The number of rotatable bonds is 2. The average Bonchev–Trinajstić information content (AvgIpc) is 3.39. The molecule has 6 atom stereocenters. The molecule has 6 heteroatoms. The largest absolute Gasteiger partial charge is 0.449 e. The zero-order valence-corrected chi connectivity index (χ0v) is 15.6. The summed E-state index contributed by atoms with van der Waals surface area (Å²) in [6.45, 7) is 3.13. The van der Waals surface area contributed by atoms with Crippen molar-refractivity contribution in [2.75, 3.05) is 6.61 Å². The Balaban J connectivity index is 1.58. The third-order valence-corrected chi connectivity index (χ3v) is 8.42. The second-order valence-corrected chi connectivity index (χ2v) is 9.32. The van der Waals surface area contributed by atoms with Crippen LogP contribution in [0.15, 0.2) is 23.2 Å². The molecule has 3 saturated carbocycles. The minimum Gasteiger partial charge on any atom is -0.449 e. The van der Waals surface area contributed by atoms with Gasteiger partial charge in [0.2, 0.25) is 11.5 Å². The van der Waals surface area contributed by atoms with Gasteiger partial charge in [0.15, 0.2) is 11.5 Å². The Morgan fingerprint density at radius 3 is 2.74 bits per heavy atom. The maximum atomic E-state index is 13.4. The van der Waals surface area contributed by atoms with Crippen LogP contribution in [-0.4, -0.2) is 39.8 Å². The highest BCUT2D eigenvalue weighted by Gasteiger charge is 2.70. The van der Waals surface area contributed by atoms with Crippen molar-refractivity contribution in [2.45, 2.75) is 51.6 Å². The fourth-order valence-electron chi connectivity index (χ4n) is 6.98. The van der Waals surface area contributed by atoms with Gasteiger partial charge in [-0.15, -0.1) is 0 Å². The van der Waals surface area contributed by atoms with E-state index in [0.717, 1.165) is 18.4 Å². The van der Waals surface area contributed by atoms with E-state index >= 15 is 0 Å². The number of fused-ring (bicyclic) bond motifs is 6. The van der Waals surface area contributed by atoms with Crippen LogP contribution in [0.25, 0.3) is 0 Å². The predicted octanol–water partition coefficient (Wildman–Crippen LogP) is 1.45. The summed E-state index contributed by atoms with van der Waals surface area (Å²) in [5.74, 6) is 0.146. The molecule has 2 N–H and O–H groups in total. The monoisotopic (exact) mass is 372 g/mol. The van der Waals surface area contributed by atoms with Crippen LogP contribution in [0.5, 0.6) is 0 Å². The summed E-state index contributed by atoms with van der Waals surface area (Å²) in [6, 6.07) is 0. The Labute approximate surface area is 157 Å². The Hall–Kier alpha value is -1.79. The molecule has 0 saturated heterocycles. The number of aliphatic hydroxyl groups excluding tert-OH is 1. The molecule has 1 heterocycles. The second-order valence-electron chi connectivity index (χ2n) is 9.32. The van der Waals surface area contributed by atoms with Crippen LogP contribution >= 0.6 is 0 Å². The highest BCUT2D eigenvalue weighted by atomic mass is 16.6. The third kappa shape index (κ3) is 1.81. The van der Waals surface area contributed by atoms with E-state index in [0.29, 0.717) is 17.9 Å². The number of ketones is 3. The van der Waals surface area contributed by atoms with Gasteiger partial charge in [0, 0.05) is 17.8 Å². The third-order valence-electron chi connectivity index (χ3n) is 8.42. The lowest BCUT2D eigenvalue weighted by molar-refractivity contribution is -0.169. The molecule has 0 amide bonds. The zero-order valence-electron chi connectivity index (χ0n) is 15.6. The van der Waals surface area contributed by atoms with Crippen molar-refractivity contribution in [3.63, 3.8) is 0 Å². The summed E-state index contributed by atoms with van der Waals surface area (Å²) in [4.78, 5) is 37.8. The molecule has 144 valence electrons. The van der Waals surface area contributed by atoms with E-state index in [1.165, 1.54) is 0 Å². The van der Waals surface area contributed by atoms with Crippen molar-refractivity contribution >= 4 is 17.3 Å². The quantitative estimate of drug-likeness (QED) is 0.760. The van der Waals surface area contributed by atoms with E-state index in [4.69, 9.17) is 4.74 Å². The molecule has 5 rings (SSSR count). The lowest BCUT2D eigenvalue weighted by Gasteiger charge is -2.56. The Morgan fingerprint density at radius 2 is 2.04 bits per heavy atom. The van der Waals surface area contributed by atoms with E-state index in [-0.39, 0.29) is 42.2 Å². The van der Waals surface area contributed by atoms with Gasteiger partial charge < -0.3 is 14.9 Å². The summed E-state index contributed by atoms with van der Waals surface area (Å²) in [5, 5.41) is 20.5. The maximum Gasteiger partial charge on any atom is 0.224 e. The molecule has 0 aromatic carbocycles. The molecule has 0 unspecified atom stereocenters. The van der Waals surface area contributed by atoms with Crippen molar-refractivity contribution < 1.29 is 29.3 Å². The van der Waals surface area contributed by atoms with Crippen LogP contribution in [0.1, 0.15) is 46.0 Å². The topological polar surface area (TPSA) is 104 Å². The molecule has 4 aliphatic carbocycles. The lowest BCUT2D eigenvalue weighted by Crippen LogP contribution is -2.60. The standard InChI is InChI=1S/C21H24O6/c1-19-8-14(24)16-11(12(19)5-6-21(19,26)15(25)9-22)4-3-10-7-13(23)17-18(27-17)20(10,16)2/h7,11-12,16,22,26H,3-6,8-9H2,1-2H3/t11-,12-,16+,19-,20-,21-/m0/s1. The molecule has 3 fully saturated rings. The SMILES string of the molecule is C[C@@]12C(=CC(=O)C3=C1O3)CC[C@@H]1[C@@H]2C(=O)C[C@@]2(C)[C@H]1CC[C@]2(O)C(=O)CO. The smallest absolute Gasteiger partial charge is 0.224 e. The molecule has 0 radical (unpaired) electrons. The van der Waals surface area contributed by atoms with Gasteiger partial charge >= 0.3 is 0 Å². The van der Waals surface area contributed by atoms with Crippen molar-refractivity contribution in [1.82, 2.24) is 0 Å². The first kappa shape index (κ1) is 17.3. The summed E-state index contributed by atoms with van der Waals surface area (Å²) < 4.78 is 5.54. The van der Waals surface area contributed by atoms with Crippen molar-refractivity contribution in [2.24, 2.45) is 28.6 Å². The number of carbonyl (C=O) groups excluding carboxylic acids is 3. The van der Waals surface area contributed by atoms with Crippen LogP contribution in [0.3, 0.4) is 0 Å². The fourth-order valence-corrected chi connectivity index (χ4v) is 6.98. The van der Waals surface area contributed by atoms with Crippen LogP contribution in [0.4, 0.5) is 0 Å². The molecular formula is C21H24O6. The van der Waals surface area contributed by atoms with Gasteiger partial charge in [-0.05, 0) is 50.5 Å². The van der Waals surface area contributed by atoms with Gasteiger partial charge in [-0.25, -0.2) is 0 Å². The number of hydrogen-bond acceptors (Lipinski definition) is 6. The molecule has 0 bridgehead atoms. The van der Waals surface area contributed by atoms with Gasteiger partial charge in [-0.3, -0.25) is 14.4 Å². The van der Waals surface area contributed by atoms with Crippen LogP contribution in [0, 0.1) is 28.6 Å². The van der Waals surface area contributed by atoms with Gasteiger partial charge in [0.1, 0.15) is 18.0 Å². The Kier molecular flexibility index (Phi) is 3.19. The normalized spacial score (nSPS) is 47.4. The van der Waals surface area contributed by atoms with Crippen LogP contribution in [0.2, 0.25) is 0 Å². The first-order chi connectivity index (χ1) is 12.7. The Morgan fingerprint density at radius 1 is 1.30 bits per heavy atom. The number of aliphatic hydroxyl groups is 2. The number of ether oxygens (including phenoxy) is 1. The zero-order chi connectivity index (χ0) is 19.4. The molecule has 5 aliphatic rings. The molecule has 1 aliphatic heterocycles. The molecule has 0 aromatic heterocycles. The summed E-state index contributed by atoms with van der Waals surface area (Å²) in [7, 11) is 0. The highest BCUT2D eigenvalue weighted by molar-refractivity contribution is 6.08. The Bertz CT molecular complexity index is 868. The van der Waals surface area contributed by atoms with Gasteiger partial charge in [0.25, 0.3) is 0 Å². The second kappa shape index (κ2) is 4.97. The molecular weight excluding hydrogens is 348 g/mol. The van der Waals surface area contributed by atoms with Crippen LogP contribution in [-0.2, 0) is 19.1 Å². The van der Waals surface area contributed by atoms with E-state index in [1.54, 1.807) is 6.08 Å². The highest BCUT2D eigenvalue weighted by Crippen LogP contribution is 2.69. The predicted molar refractivity (Wildman–Crippen MR) is 93.0 cm³/mol. The van der Waals surface area contributed by atoms with Gasteiger partial charge in [-0.1, -0.05) is 12.5 Å². The van der Waals surface area contributed by atoms with E-state index in [9.17, 15) is 24.6 Å². The lowest BCUT2D eigenvalue weighted by atomic mass is 9.46. The summed E-state index contributed by atoms with van der Waals surface area (Å²) in [6.07, 6.45) is 4.18. The molecule has 6 nitrogen and oxygen atoms in total.